The summed E-state index contributed by atoms with van der Waals surface area (Å²) in [5.74, 6) is -0.494. The van der Waals surface area contributed by atoms with Gasteiger partial charge in [-0.2, -0.15) is 11.3 Å². The van der Waals surface area contributed by atoms with Gasteiger partial charge in [0.2, 0.25) is 21.8 Å². The minimum absolute atomic E-state index is 0. The molecule has 0 aliphatic carbocycles. The van der Waals surface area contributed by atoms with E-state index in [4.69, 9.17) is 4.42 Å². The van der Waals surface area contributed by atoms with E-state index < -0.39 is 15.9 Å². The van der Waals surface area contributed by atoms with Gasteiger partial charge in [0.1, 0.15) is 5.82 Å². The van der Waals surface area contributed by atoms with Crippen LogP contribution in [0.4, 0.5) is 4.39 Å². The monoisotopic (exact) mass is 404 g/mol. The Morgan fingerprint density at radius 3 is 2.50 bits per heavy atom. The molecule has 132 valence electrons. The Balaban J connectivity index is 0.00000243. The SMILES string of the molecule is CS(=O)(=O)NC(=O)Cc1nc(-c2ccc(F)cc2)oc1-c1ccsc1.[NaH]. The number of hydrogen-bond donors (Lipinski definition) is 1. The molecule has 0 unspecified atom stereocenters. The normalized spacial score (nSPS) is 11.0. The van der Waals surface area contributed by atoms with E-state index in [-0.39, 0.29) is 47.7 Å². The molecule has 0 spiro atoms. The molecule has 2 heterocycles. The molecule has 3 rings (SSSR count). The number of thiophene rings is 1. The Bertz CT molecular complexity index is 1000. The molecule has 26 heavy (non-hydrogen) atoms. The zero-order valence-corrected chi connectivity index (χ0v) is 14.7. The van der Waals surface area contributed by atoms with Crippen molar-refractivity contribution in [1.29, 1.82) is 0 Å². The molecule has 0 fully saturated rings. The van der Waals surface area contributed by atoms with Crippen molar-refractivity contribution < 1.29 is 22.0 Å². The number of halogens is 1. The second-order valence-corrected chi connectivity index (χ2v) is 7.82. The van der Waals surface area contributed by atoms with Gasteiger partial charge in [-0.15, -0.1) is 0 Å². The van der Waals surface area contributed by atoms with Gasteiger partial charge in [-0.1, -0.05) is 0 Å². The van der Waals surface area contributed by atoms with Gasteiger partial charge in [0.15, 0.2) is 5.76 Å². The summed E-state index contributed by atoms with van der Waals surface area (Å²) >= 11 is 1.45. The second-order valence-electron chi connectivity index (χ2n) is 5.29. The van der Waals surface area contributed by atoms with E-state index in [1.54, 1.807) is 6.07 Å². The predicted octanol–water partition coefficient (Wildman–Crippen LogP) is 2.18. The number of carbonyl (C=O) groups is 1. The molecule has 1 aromatic carbocycles. The molecule has 0 aliphatic heterocycles. The molecule has 0 aliphatic rings. The van der Waals surface area contributed by atoms with Crippen molar-refractivity contribution in [2.24, 2.45) is 0 Å². The third kappa shape index (κ3) is 5.24. The fraction of sp³-hybridized carbons (Fsp3) is 0.125. The van der Waals surface area contributed by atoms with E-state index in [2.05, 4.69) is 4.98 Å². The molecule has 6 nitrogen and oxygen atoms in total. The summed E-state index contributed by atoms with van der Waals surface area (Å²) in [5.41, 5.74) is 1.58. The van der Waals surface area contributed by atoms with Crippen LogP contribution in [0.1, 0.15) is 5.69 Å². The molecular formula is C16H14FN2NaO4S2. The molecule has 0 saturated carbocycles. The first kappa shape index (κ1) is 20.8. The van der Waals surface area contributed by atoms with Crippen LogP contribution in [-0.2, 0) is 21.2 Å². The Morgan fingerprint density at radius 1 is 1.23 bits per heavy atom. The Hall–Kier alpha value is -1.52. The quantitative estimate of drug-likeness (QED) is 0.659. The Kier molecular flexibility index (Phi) is 6.75. The zero-order valence-electron chi connectivity index (χ0n) is 13.0. The number of rotatable bonds is 5. The van der Waals surface area contributed by atoms with E-state index in [0.717, 1.165) is 11.8 Å². The number of nitrogens with zero attached hydrogens (tertiary/aromatic N) is 1. The Labute approximate surface area is 175 Å². The first-order valence-electron chi connectivity index (χ1n) is 7.10. The van der Waals surface area contributed by atoms with Gasteiger partial charge in [0.05, 0.1) is 18.4 Å². The number of nitrogens with one attached hydrogen (secondary N) is 1. The van der Waals surface area contributed by atoms with Crippen molar-refractivity contribution in [1.82, 2.24) is 9.71 Å². The summed E-state index contributed by atoms with van der Waals surface area (Å²) < 4.78 is 43.1. The van der Waals surface area contributed by atoms with Crippen LogP contribution in [0.5, 0.6) is 0 Å². The van der Waals surface area contributed by atoms with Gasteiger partial charge in [0.25, 0.3) is 0 Å². The molecule has 0 bridgehead atoms. The van der Waals surface area contributed by atoms with Crippen LogP contribution in [-0.4, -0.2) is 55.1 Å². The van der Waals surface area contributed by atoms with Crippen LogP contribution in [0.3, 0.4) is 0 Å². The number of oxazole rings is 1. The molecular weight excluding hydrogens is 390 g/mol. The first-order chi connectivity index (χ1) is 11.8. The van der Waals surface area contributed by atoms with Gasteiger partial charge >= 0.3 is 29.6 Å². The van der Waals surface area contributed by atoms with Crippen molar-refractivity contribution >= 4 is 56.8 Å². The maximum atomic E-state index is 13.1. The molecule has 10 heteroatoms. The van der Waals surface area contributed by atoms with Gasteiger partial charge in [-0.25, -0.2) is 17.8 Å². The van der Waals surface area contributed by atoms with Crippen molar-refractivity contribution in [2.75, 3.05) is 6.26 Å². The summed E-state index contributed by atoms with van der Waals surface area (Å²) in [6.45, 7) is 0. The molecule has 0 radical (unpaired) electrons. The number of carbonyl (C=O) groups excluding carboxylic acids is 1. The summed E-state index contributed by atoms with van der Waals surface area (Å²) in [7, 11) is -3.66. The van der Waals surface area contributed by atoms with E-state index in [1.165, 1.54) is 35.6 Å². The summed E-state index contributed by atoms with van der Waals surface area (Å²) in [6.07, 6.45) is 0.639. The molecule has 3 aromatic rings. The number of sulfonamides is 1. The van der Waals surface area contributed by atoms with E-state index in [1.807, 2.05) is 15.5 Å². The summed E-state index contributed by atoms with van der Waals surface area (Å²) in [6, 6.07) is 7.38. The van der Waals surface area contributed by atoms with Crippen LogP contribution in [0.25, 0.3) is 22.8 Å². The third-order valence-electron chi connectivity index (χ3n) is 3.20. The summed E-state index contributed by atoms with van der Waals surface area (Å²) in [5, 5.41) is 3.67. The number of benzene rings is 1. The molecule has 0 atom stereocenters. The number of hydrogen-bond acceptors (Lipinski definition) is 6. The fourth-order valence-corrected chi connectivity index (χ4v) is 3.32. The van der Waals surface area contributed by atoms with Crippen molar-refractivity contribution in [3.8, 4) is 22.8 Å². The molecule has 2 aromatic heterocycles. The standard InChI is InChI=1S/C16H13FN2O4S2.Na.H/c1-25(21,22)19-14(20)8-13-15(11-6-7-24-9-11)23-16(18-13)10-2-4-12(17)5-3-10;;/h2-7,9H,8H2,1H3,(H,19,20);;. The minimum atomic E-state index is -3.66. The van der Waals surface area contributed by atoms with Gasteiger partial charge in [0, 0.05) is 16.5 Å². The maximum absolute atomic E-state index is 13.1. The molecule has 1 amide bonds. The van der Waals surface area contributed by atoms with Gasteiger partial charge < -0.3 is 4.42 Å². The van der Waals surface area contributed by atoms with Crippen LogP contribution >= 0.6 is 11.3 Å². The van der Waals surface area contributed by atoms with Gasteiger partial charge in [-0.05, 0) is 35.7 Å². The average molecular weight is 404 g/mol. The van der Waals surface area contributed by atoms with Crippen LogP contribution in [0.15, 0.2) is 45.5 Å². The average Bonchev–Trinajstić information content (AvgIpc) is 3.15. The number of aromatic nitrogens is 1. The van der Waals surface area contributed by atoms with Crippen LogP contribution in [0.2, 0.25) is 0 Å². The van der Waals surface area contributed by atoms with Crippen molar-refractivity contribution in [3.63, 3.8) is 0 Å². The topological polar surface area (TPSA) is 89.3 Å². The first-order valence-corrected chi connectivity index (χ1v) is 9.94. The van der Waals surface area contributed by atoms with Crippen LogP contribution < -0.4 is 4.72 Å². The number of amides is 1. The van der Waals surface area contributed by atoms with Gasteiger partial charge in [-0.3, -0.25) is 9.52 Å². The van der Waals surface area contributed by atoms with Crippen molar-refractivity contribution in [2.45, 2.75) is 6.42 Å². The third-order valence-corrected chi connectivity index (χ3v) is 4.48. The fourth-order valence-electron chi connectivity index (χ4n) is 2.20. The second kappa shape index (κ2) is 8.45. The zero-order chi connectivity index (χ0) is 18.0. The predicted molar refractivity (Wildman–Crippen MR) is 99.0 cm³/mol. The van der Waals surface area contributed by atoms with E-state index >= 15 is 0 Å². The molecule has 0 saturated heterocycles. The van der Waals surface area contributed by atoms with Crippen molar-refractivity contribution in [3.05, 3.63) is 52.6 Å². The molecule has 1 N–H and O–H groups in total. The van der Waals surface area contributed by atoms with E-state index in [9.17, 15) is 17.6 Å². The van der Waals surface area contributed by atoms with Crippen LogP contribution in [0, 0.1) is 5.82 Å². The van der Waals surface area contributed by atoms with E-state index in [0.29, 0.717) is 17.0 Å². The summed E-state index contributed by atoms with van der Waals surface area (Å²) in [4.78, 5) is 16.2. The Morgan fingerprint density at radius 2 is 1.92 bits per heavy atom.